The van der Waals surface area contributed by atoms with Gasteiger partial charge in [0.25, 0.3) is 0 Å². The van der Waals surface area contributed by atoms with E-state index in [1.54, 1.807) is 24.3 Å². The van der Waals surface area contributed by atoms with E-state index in [9.17, 15) is 4.79 Å². The molecule has 4 nitrogen and oxygen atoms in total. The lowest BCUT2D eigenvalue weighted by atomic mass is 10.1. The van der Waals surface area contributed by atoms with Crippen molar-refractivity contribution < 1.29 is 9.53 Å². The first-order valence-electron chi connectivity index (χ1n) is 8.05. The molecule has 0 aliphatic rings. The normalized spacial score (nSPS) is 10.6. The van der Waals surface area contributed by atoms with Crippen molar-refractivity contribution in [3.8, 4) is 0 Å². The number of likely N-dealkylation sites (N-methyl/N-ethyl adjacent to an activating group) is 1. The topological polar surface area (TPSA) is 41.6 Å². The number of hydrogen-bond donors (Lipinski definition) is 1. The molecule has 1 N–H and O–H groups in total. The van der Waals surface area contributed by atoms with Crippen LogP contribution in [0.5, 0.6) is 0 Å². The molecule has 0 heterocycles. The zero-order chi connectivity index (χ0) is 17.2. The van der Waals surface area contributed by atoms with E-state index < -0.39 is 6.09 Å². The minimum absolute atomic E-state index is 0.355. The number of aryl methyl sites for hydroxylation is 1. The third-order valence-corrected chi connectivity index (χ3v) is 3.86. The molecule has 0 aliphatic heterocycles. The van der Waals surface area contributed by atoms with Crippen LogP contribution in [-0.4, -0.2) is 37.7 Å². The number of carbonyl (C=O) groups excluding carboxylic acids is 1. The van der Waals surface area contributed by atoms with Crippen LogP contribution in [-0.2, 0) is 11.2 Å². The lowest BCUT2D eigenvalue weighted by Crippen LogP contribution is -2.26. The molecule has 1 amide bonds. The number of anilines is 1. The summed E-state index contributed by atoms with van der Waals surface area (Å²) in [6.45, 7) is 2.03. The summed E-state index contributed by atoms with van der Waals surface area (Å²) in [7, 11) is 2.03. The van der Waals surface area contributed by atoms with Crippen LogP contribution in [0.3, 0.4) is 0 Å². The molecule has 2 rings (SSSR count). The van der Waals surface area contributed by atoms with Gasteiger partial charge in [0.05, 0.1) is 0 Å². The van der Waals surface area contributed by atoms with Crippen molar-refractivity contribution in [2.24, 2.45) is 0 Å². The summed E-state index contributed by atoms with van der Waals surface area (Å²) >= 11 is 5.87. The number of nitrogens with zero attached hydrogens (tertiary/aromatic N) is 1. The Morgan fingerprint density at radius 1 is 1.12 bits per heavy atom. The Hall–Kier alpha value is -2.04. The predicted octanol–water partition coefficient (Wildman–Crippen LogP) is 4.45. The summed E-state index contributed by atoms with van der Waals surface area (Å²) in [5.41, 5.74) is 1.98. The number of amides is 1. The zero-order valence-electron chi connectivity index (χ0n) is 13.9. The summed E-state index contributed by atoms with van der Waals surface area (Å²) < 4.78 is 5.19. The van der Waals surface area contributed by atoms with Gasteiger partial charge in [-0.25, -0.2) is 4.79 Å². The fraction of sp³-hybridized carbons (Fsp3) is 0.316. The number of rotatable bonds is 8. The van der Waals surface area contributed by atoms with Crippen molar-refractivity contribution in [3.05, 3.63) is 65.2 Å². The van der Waals surface area contributed by atoms with Gasteiger partial charge in [0, 0.05) is 17.3 Å². The standard InChI is InChI=1S/C19H23ClN2O2/c1-22(12-6-9-16-7-3-2-4-8-16)13-14-24-19(23)21-18-11-5-10-17(20)15-18/h2-5,7-8,10-11,15H,6,9,12-14H2,1H3,(H,21,23). The van der Waals surface area contributed by atoms with Crippen molar-refractivity contribution in [2.75, 3.05) is 32.1 Å². The van der Waals surface area contributed by atoms with Crippen LogP contribution in [0.2, 0.25) is 5.02 Å². The first-order valence-corrected chi connectivity index (χ1v) is 8.43. The fourth-order valence-corrected chi connectivity index (χ4v) is 2.51. The molecule has 0 spiro atoms. The highest BCUT2D eigenvalue weighted by Gasteiger charge is 2.05. The summed E-state index contributed by atoms with van der Waals surface area (Å²) in [6, 6.07) is 17.4. The first-order chi connectivity index (χ1) is 11.6. The quantitative estimate of drug-likeness (QED) is 0.767. The van der Waals surface area contributed by atoms with Crippen LogP contribution in [0.4, 0.5) is 10.5 Å². The SMILES string of the molecule is CN(CCCc1ccccc1)CCOC(=O)Nc1cccc(Cl)c1. The smallest absolute Gasteiger partial charge is 0.411 e. The van der Waals surface area contributed by atoms with Gasteiger partial charge in [-0.2, -0.15) is 0 Å². The van der Waals surface area contributed by atoms with Crippen molar-refractivity contribution in [3.63, 3.8) is 0 Å². The molecule has 0 aliphatic carbocycles. The zero-order valence-corrected chi connectivity index (χ0v) is 14.6. The van der Waals surface area contributed by atoms with Crippen LogP contribution in [0.1, 0.15) is 12.0 Å². The number of hydrogen-bond acceptors (Lipinski definition) is 3. The van der Waals surface area contributed by atoms with Crippen molar-refractivity contribution in [1.29, 1.82) is 0 Å². The molecular weight excluding hydrogens is 324 g/mol. The maximum absolute atomic E-state index is 11.7. The van der Waals surface area contributed by atoms with E-state index in [0.29, 0.717) is 23.9 Å². The van der Waals surface area contributed by atoms with Gasteiger partial charge in [0.2, 0.25) is 0 Å². The van der Waals surface area contributed by atoms with Gasteiger partial charge in [-0.3, -0.25) is 5.32 Å². The molecule has 128 valence electrons. The van der Waals surface area contributed by atoms with Crippen LogP contribution in [0.25, 0.3) is 0 Å². The average molecular weight is 347 g/mol. The third kappa shape index (κ3) is 7.02. The Kier molecular flexibility index (Phi) is 7.59. The van der Waals surface area contributed by atoms with Gasteiger partial charge in [-0.1, -0.05) is 48.0 Å². The van der Waals surface area contributed by atoms with Crippen molar-refractivity contribution in [2.45, 2.75) is 12.8 Å². The molecule has 0 unspecified atom stereocenters. The van der Waals surface area contributed by atoms with Crippen LogP contribution < -0.4 is 5.32 Å². The Balaban J connectivity index is 1.58. The molecule has 0 fully saturated rings. The summed E-state index contributed by atoms with van der Waals surface area (Å²) in [5.74, 6) is 0. The molecule has 0 aromatic heterocycles. The van der Waals surface area contributed by atoms with E-state index >= 15 is 0 Å². The highest BCUT2D eigenvalue weighted by molar-refractivity contribution is 6.30. The number of halogens is 1. The summed E-state index contributed by atoms with van der Waals surface area (Å²) in [4.78, 5) is 13.9. The highest BCUT2D eigenvalue weighted by atomic mass is 35.5. The molecule has 2 aromatic carbocycles. The number of benzene rings is 2. The van der Waals surface area contributed by atoms with Crippen molar-refractivity contribution in [1.82, 2.24) is 4.90 Å². The van der Waals surface area contributed by atoms with E-state index in [-0.39, 0.29) is 0 Å². The molecule has 0 radical (unpaired) electrons. The van der Waals surface area contributed by atoms with Gasteiger partial charge < -0.3 is 9.64 Å². The molecule has 2 aromatic rings. The summed E-state index contributed by atoms with van der Waals surface area (Å²) in [6.07, 6.45) is 1.67. The lowest BCUT2D eigenvalue weighted by molar-refractivity contribution is 0.146. The molecule has 0 atom stereocenters. The number of carbonyl (C=O) groups is 1. The maximum Gasteiger partial charge on any atom is 0.411 e. The highest BCUT2D eigenvalue weighted by Crippen LogP contribution is 2.14. The van der Waals surface area contributed by atoms with Gasteiger partial charge in [0.15, 0.2) is 0 Å². The molecule has 0 saturated carbocycles. The number of ether oxygens (including phenoxy) is 1. The van der Waals surface area contributed by atoms with E-state index in [1.807, 2.05) is 13.1 Å². The predicted molar refractivity (Wildman–Crippen MR) is 98.7 cm³/mol. The van der Waals surface area contributed by atoms with E-state index in [4.69, 9.17) is 16.3 Å². The number of nitrogens with one attached hydrogen (secondary N) is 1. The summed E-state index contributed by atoms with van der Waals surface area (Å²) in [5, 5.41) is 3.23. The van der Waals surface area contributed by atoms with E-state index in [1.165, 1.54) is 5.56 Å². The monoisotopic (exact) mass is 346 g/mol. The second kappa shape index (κ2) is 9.96. The van der Waals surface area contributed by atoms with Crippen molar-refractivity contribution >= 4 is 23.4 Å². The van der Waals surface area contributed by atoms with E-state index in [0.717, 1.165) is 19.4 Å². The molecular formula is C19H23ClN2O2. The average Bonchev–Trinajstić information content (AvgIpc) is 2.56. The van der Waals surface area contributed by atoms with E-state index in [2.05, 4.69) is 34.5 Å². The van der Waals surface area contributed by atoms with Crippen LogP contribution >= 0.6 is 11.6 Å². The molecule has 0 bridgehead atoms. The van der Waals surface area contributed by atoms with Gasteiger partial charge in [-0.15, -0.1) is 0 Å². The second-order valence-corrected chi connectivity index (χ2v) is 6.10. The fourth-order valence-electron chi connectivity index (χ4n) is 2.32. The Morgan fingerprint density at radius 2 is 1.92 bits per heavy atom. The maximum atomic E-state index is 11.7. The Bertz CT molecular complexity index is 634. The minimum Gasteiger partial charge on any atom is -0.448 e. The Morgan fingerprint density at radius 3 is 2.67 bits per heavy atom. The largest absolute Gasteiger partial charge is 0.448 e. The third-order valence-electron chi connectivity index (χ3n) is 3.63. The molecule has 24 heavy (non-hydrogen) atoms. The first kappa shape index (κ1) is 18.3. The van der Waals surface area contributed by atoms with Crippen LogP contribution in [0.15, 0.2) is 54.6 Å². The molecule has 5 heteroatoms. The lowest BCUT2D eigenvalue weighted by Gasteiger charge is -2.16. The molecule has 0 saturated heterocycles. The van der Waals surface area contributed by atoms with Gasteiger partial charge in [-0.05, 0) is 50.2 Å². The second-order valence-electron chi connectivity index (χ2n) is 5.66. The van der Waals surface area contributed by atoms with Crippen LogP contribution in [0, 0.1) is 0 Å². The van der Waals surface area contributed by atoms with Gasteiger partial charge >= 0.3 is 6.09 Å². The van der Waals surface area contributed by atoms with Gasteiger partial charge in [0.1, 0.15) is 6.61 Å². The minimum atomic E-state index is -0.463. The Labute approximate surface area is 148 Å².